The fourth-order valence-electron chi connectivity index (χ4n) is 6.18. The quantitative estimate of drug-likeness (QED) is 0.0198. The van der Waals surface area contributed by atoms with E-state index in [1.807, 2.05) is 21.1 Å². The Bertz CT molecular complexity index is 1110. The predicted octanol–water partition coefficient (Wildman–Crippen LogP) is 13.5. The van der Waals surface area contributed by atoms with Crippen molar-refractivity contribution in [2.24, 2.45) is 0 Å². The third-order valence-corrected chi connectivity index (χ3v) is 10.8. The van der Waals surface area contributed by atoms with Crippen molar-refractivity contribution in [1.29, 1.82) is 0 Å². The second-order valence-electron chi connectivity index (χ2n) is 16.7. The van der Waals surface area contributed by atoms with Gasteiger partial charge in [0.15, 0.2) is 0 Å². The molecule has 0 N–H and O–H groups in total. The van der Waals surface area contributed by atoms with Gasteiger partial charge in [-0.05, 0) is 77.0 Å². The van der Waals surface area contributed by atoms with Crippen molar-refractivity contribution < 1.29 is 37.3 Å². The highest BCUT2D eigenvalue weighted by atomic mass is 31.2. The number of unbranched alkanes of at least 4 members (excludes halogenated alkanes) is 19. The van der Waals surface area contributed by atoms with Gasteiger partial charge >= 0.3 is 5.97 Å². The van der Waals surface area contributed by atoms with Gasteiger partial charge in [-0.2, -0.15) is 0 Å². The first kappa shape index (κ1) is 56.2. The van der Waals surface area contributed by atoms with Crippen molar-refractivity contribution in [2.75, 3.05) is 54.1 Å². The molecule has 58 heavy (non-hydrogen) atoms. The first-order valence-electron chi connectivity index (χ1n) is 23.5. The summed E-state index contributed by atoms with van der Waals surface area (Å²) in [7, 11) is 1.34. The van der Waals surface area contributed by atoms with E-state index in [0.717, 1.165) is 57.8 Å². The molecule has 0 saturated heterocycles. The van der Waals surface area contributed by atoms with Gasteiger partial charge in [-0.15, -0.1) is 0 Å². The molecule has 0 radical (unpaired) electrons. The Morgan fingerprint density at radius 2 is 1.00 bits per heavy atom. The average molecular weight is 836 g/mol. The summed E-state index contributed by atoms with van der Waals surface area (Å²) in [6.07, 6.45) is 52.3. The van der Waals surface area contributed by atoms with Crippen molar-refractivity contribution in [2.45, 2.75) is 193 Å². The van der Waals surface area contributed by atoms with E-state index in [9.17, 15) is 14.3 Å². The van der Waals surface area contributed by atoms with E-state index in [1.165, 1.54) is 109 Å². The van der Waals surface area contributed by atoms with Crippen molar-refractivity contribution in [3.8, 4) is 0 Å². The lowest BCUT2D eigenvalue weighted by atomic mass is 10.0. The van der Waals surface area contributed by atoms with Crippen LogP contribution < -0.4 is 4.89 Å². The highest BCUT2D eigenvalue weighted by Crippen LogP contribution is 2.38. The van der Waals surface area contributed by atoms with E-state index in [0.29, 0.717) is 24.1 Å². The van der Waals surface area contributed by atoms with Crippen LogP contribution in [0.1, 0.15) is 187 Å². The zero-order valence-corrected chi connectivity index (χ0v) is 39.1. The zero-order valence-electron chi connectivity index (χ0n) is 38.2. The summed E-state index contributed by atoms with van der Waals surface area (Å²) in [5, 5.41) is 0. The number of nitrogens with zero attached hydrogens (tertiary/aromatic N) is 1. The number of carbonyl (C=O) groups is 1. The van der Waals surface area contributed by atoms with Crippen molar-refractivity contribution in [1.82, 2.24) is 0 Å². The Morgan fingerprint density at radius 1 is 0.552 bits per heavy atom. The van der Waals surface area contributed by atoms with Crippen LogP contribution in [0.25, 0.3) is 0 Å². The summed E-state index contributed by atoms with van der Waals surface area (Å²) in [5.41, 5.74) is 0. The monoisotopic (exact) mass is 836 g/mol. The molecule has 2 atom stereocenters. The molecule has 0 aliphatic carbocycles. The molecule has 0 aromatic rings. The number of phosphoric acid groups is 1. The number of phosphoric ester groups is 1. The van der Waals surface area contributed by atoms with E-state index in [4.69, 9.17) is 18.5 Å². The zero-order chi connectivity index (χ0) is 42.7. The summed E-state index contributed by atoms with van der Waals surface area (Å²) >= 11 is 0. The van der Waals surface area contributed by atoms with Crippen LogP contribution in [0.2, 0.25) is 0 Å². The van der Waals surface area contributed by atoms with Crippen LogP contribution in [0, 0.1) is 0 Å². The van der Waals surface area contributed by atoms with Crippen LogP contribution in [0.5, 0.6) is 0 Å². The SMILES string of the molecule is CC/C=C\C/C=C\C/C=C\C/C=C\CCCCCCCCCCCCC(=O)OC(COCCCCCCCC/C=C\CCCCC)COP(=O)([O-])OCC[N+](C)(C)C. The molecule has 9 heteroatoms. The molecular formula is C49H90NO7P. The lowest BCUT2D eigenvalue weighted by molar-refractivity contribution is -0.870. The Morgan fingerprint density at radius 3 is 1.52 bits per heavy atom. The van der Waals surface area contributed by atoms with Crippen LogP contribution in [0.3, 0.4) is 0 Å². The maximum Gasteiger partial charge on any atom is 0.306 e. The number of ether oxygens (including phenoxy) is 2. The normalized spacial score (nSPS) is 14.2. The molecule has 2 unspecified atom stereocenters. The first-order valence-corrected chi connectivity index (χ1v) is 25.0. The van der Waals surface area contributed by atoms with Gasteiger partial charge in [0.2, 0.25) is 0 Å². The minimum atomic E-state index is -4.53. The number of likely N-dealkylation sites (N-methyl/N-ethyl adjacent to an activating group) is 1. The minimum absolute atomic E-state index is 0.0221. The second-order valence-corrected chi connectivity index (χ2v) is 18.1. The molecule has 0 amide bonds. The number of allylic oxidation sites excluding steroid dienone is 10. The van der Waals surface area contributed by atoms with Gasteiger partial charge in [-0.3, -0.25) is 9.36 Å². The number of hydrogen-bond donors (Lipinski definition) is 0. The van der Waals surface area contributed by atoms with Gasteiger partial charge in [0.1, 0.15) is 19.3 Å². The number of carbonyl (C=O) groups excluding carboxylic acids is 1. The van der Waals surface area contributed by atoms with E-state index < -0.39 is 13.9 Å². The summed E-state index contributed by atoms with van der Waals surface area (Å²) in [5.74, 6) is -0.343. The van der Waals surface area contributed by atoms with Crippen LogP contribution in [-0.2, 0) is 27.9 Å². The molecular weight excluding hydrogens is 746 g/mol. The maximum atomic E-state index is 12.7. The molecule has 0 fully saturated rings. The van der Waals surface area contributed by atoms with Crippen molar-refractivity contribution in [3.05, 3.63) is 60.8 Å². The molecule has 8 nitrogen and oxygen atoms in total. The third kappa shape index (κ3) is 45.3. The number of esters is 1. The lowest BCUT2D eigenvalue weighted by Crippen LogP contribution is -2.37. The standard InChI is InChI=1S/C49H90NO7P/c1-6-8-10-12-14-16-18-20-21-22-23-24-25-26-27-28-29-30-32-34-36-38-40-42-49(51)57-48(47-56-58(52,53)55-45-43-50(3,4)5)46-54-44-41-39-37-35-33-31-19-17-15-13-11-9-7-2/h8,10,14-17,20-21,23-24,48H,6-7,9,11-13,18-19,22,25-47H2,1-5H3/b10-8-,16-14-,17-15-,21-20-,24-23-. The maximum absolute atomic E-state index is 12.7. The van der Waals surface area contributed by atoms with Crippen LogP contribution >= 0.6 is 7.82 Å². The highest BCUT2D eigenvalue weighted by molar-refractivity contribution is 7.45. The fraction of sp³-hybridized carbons (Fsp3) is 0.776. The summed E-state index contributed by atoms with van der Waals surface area (Å²) in [6.45, 7) is 5.26. The fourth-order valence-corrected chi connectivity index (χ4v) is 6.91. The van der Waals surface area contributed by atoms with Gasteiger partial charge in [0, 0.05) is 13.0 Å². The molecule has 0 aromatic heterocycles. The molecule has 0 bridgehead atoms. The molecule has 0 spiro atoms. The van der Waals surface area contributed by atoms with E-state index >= 15 is 0 Å². The van der Waals surface area contributed by atoms with Crippen LogP contribution in [0.15, 0.2) is 60.8 Å². The van der Waals surface area contributed by atoms with Crippen LogP contribution in [-0.4, -0.2) is 70.7 Å². The third-order valence-electron chi connectivity index (χ3n) is 9.80. The summed E-state index contributed by atoms with van der Waals surface area (Å²) in [4.78, 5) is 25.1. The molecule has 0 aliphatic heterocycles. The Balaban J connectivity index is 4.16. The van der Waals surface area contributed by atoms with E-state index in [1.54, 1.807) is 0 Å². The largest absolute Gasteiger partial charge is 0.756 e. The number of rotatable bonds is 43. The molecule has 0 rings (SSSR count). The predicted molar refractivity (Wildman–Crippen MR) is 245 cm³/mol. The van der Waals surface area contributed by atoms with Crippen molar-refractivity contribution in [3.63, 3.8) is 0 Å². The molecule has 0 aliphatic rings. The topological polar surface area (TPSA) is 94.1 Å². The first-order chi connectivity index (χ1) is 28.1. The van der Waals surface area contributed by atoms with Crippen molar-refractivity contribution >= 4 is 13.8 Å². The highest BCUT2D eigenvalue weighted by Gasteiger charge is 2.20. The van der Waals surface area contributed by atoms with E-state index in [2.05, 4.69) is 74.6 Å². The van der Waals surface area contributed by atoms with Crippen LogP contribution in [0.4, 0.5) is 0 Å². The second kappa shape index (κ2) is 41.9. The molecule has 0 heterocycles. The van der Waals surface area contributed by atoms with Gasteiger partial charge < -0.3 is 27.9 Å². The van der Waals surface area contributed by atoms with Gasteiger partial charge in [-0.25, -0.2) is 0 Å². The minimum Gasteiger partial charge on any atom is -0.756 e. The molecule has 0 aromatic carbocycles. The smallest absolute Gasteiger partial charge is 0.306 e. The van der Waals surface area contributed by atoms with E-state index in [-0.39, 0.29) is 25.8 Å². The lowest BCUT2D eigenvalue weighted by Gasteiger charge is -2.28. The average Bonchev–Trinajstić information content (AvgIpc) is 3.18. The summed E-state index contributed by atoms with van der Waals surface area (Å²) < 4.78 is 34.6. The van der Waals surface area contributed by atoms with Gasteiger partial charge in [0.05, 0.1) is 34.4 Å². The Kier molecular flexibility index (Phi) is 40.6. The number of quaternary nitrogens is 1. The number of hydrogen-bond acceptors (Lipinski definition) is 7. The molecule has 0 saturated carbocycles. The Labute approximate surface area is 358 Å². The van der Waals surface area contributed by atoms with Gasteiger partial charge in [0.25, 0.3) is 7.82 Å². The van der Waals surface area contributed by atoms with Gasteiger partial charge in [-0.1, -0.05) is 164 Å². The summed E-state index contributed by atoms with van der Waals surface area (Å²) in [6, 6.07) is 0. The Hall–Kier alpha value is -1.80. The molecule has 338 valence electrons.